The molecular formula is C17H35N3O2. The molecule has 0 aromatic heterocycles. The zero-order chi connectivity index (χ0) is 16.7. The molecule has 1 rings (SSSR count). The number of carbonyl (C=O) groups is 1. The SMILES string of the molecule is CCCCC(CN)NC(=O)C(C(C)C)N1CC(C)OC(C)C1. The van der Waals surface area contributed by atoms with Crippen molar-refractivity contribution in [2.75, 3.05) is 19.6 Å². The molecule has 0 aromatic rings. The number of hydrogen-bond donors (Lipinski definition) is 2. The quantitative estimate of drug-likeness (QED) is 0.716. The first-order valence-corrected chi connectivity index (χ1v) is 8.78. The molecule has 3 N–H and O–H groups in total. The van der Waals surface area contributed by atoms with Gasteiger partial charge in [-0.1, -0.05) is 33.6 Å². The predicted molar refractivity (Wildman–Crippen MR) is 90.7 cm³/mol. The van der Waals surface area contributed by atoms with Crippen molar-refractivity contribution in [3.05, 3.63) is 0 Å². The second-order valence-electron chi connectivity index (χ2n) is 6.98. The normalized spacial score (nSPS) is 26.0. The maximum absolute atomic E-state index is 12.8. The van der Waals surface area contributed by atoms with Crippen molar-refractivity contribution in [1.82, 2.24) is 10.2 Å². The van der Waals surface area contributed by atoms with E-state index in [-0.39, 0.29) is 36.1 Å². The molecule has 5 nitrogen and oxygen atoms in total. The summed E-state index contributed by atoms with van der Waals surface area (Å²) in [5, 5.41) is 3.16. The molecule has 0 aromatic carbocycles. The Balaban J connectivity index is 2.70. The van der Waals surface area contributed by atoms with E-state index in [4.69, 9.17) is 10.5 Å². The van der Waals surface area contributed by atoms with Crippen LogP contribution >= 0.6 is 0 Å². The average Bonchev–Trinajstić information content (AvgIpc) is 2.42. The van der Waals surface area contributed by atoms with Gasteiger partial charge >= 0.3 is 0 Å². The zero-order valence-corrected chi connectivity index (χ0v) is 15.0. The van der Waals surface area contributed by atoms with E-state index >= 15 is 0 Å². The zero-order valence-electron chi connectivity index (χ0n) is 15.0. The molecule has 1 aliphatic rings. The Morgan fingerprint density at radius 2 is 1.91 bits per heavy atom. The van der Waals surface area contributed by atoms with Crippen molar-refractivity contribution in [1.29, 1.82) is 0 Å². The van der Waals surface area contributed by atoms with Crippen molar-refractivity contribution < 1.29 is 9.53 Å². The third kappa shape index (κ3) is 5.86. The Morgan fingerprint density at radius 3 is 2.36 bits per heavy atom. The highest BCUT2D eigenvalue weighted by Crippen LogP contribution is 2.19. The number of nitrogens with one attached hydrogen (secondary N) is 1. The van der Waals surface area contributed by atoms with E-state index in [1.165, 1.54) is 0 Å². The summed E-state index contributed by atoms with van der Waals surface area (Å²) < 4.78 is 5.79. The molecule has 130 valence electrons. The van der Waals surface area contributed by atoms with E-state index in [2.05, 4.69) is 44.8 Å². The van der Waals surface area contributed by atoms with Crippen molar-refractivity contribution in [2.45, 2.75) is 78.2 Å². The van der Waals surface area contributed by atoms with Crippen LogP contribution in [0.1, 0.15) is 53.9 Å². The molecule has 1 saturated heterocycles. The van der Waals surface area contributed by atoms with Crippen LogP contribution in [0.15, 0.2) is 0 Å². The molecule has 0 saturated carbocycles. The molecule has 0 radical (unpaired) electrons. The minimum Gasteiger partial charge on any atom is -0.373 e. The number of morpholine rings is 1. The number of unbranched alkanes of at least 4 members (excludes halogenated alkanes) is 1. The summed E-state index contributed by atoms with van der Waals surface area (Å²) in [6.45, 7) is 12.6. The summed E-state index contributed by atoms with van der Waals surface area (Å²) in [6.07, 6.45) is 3.52. The number of amides is 1. The monoisotopic (exact) mass is 313 g/mol. The van der Waals surface area contributed by atoms with Gasteiger partial charge in [-0.2, -0.15) is 0 Å². The van der Waals surface area contributed by atoms with Gasteiger partial charge < -0.3 is 15.8 Å². The number of carbonyl (C=O) groups excluding carboxylic acids is 1. The fraction of sp³-hybridized carbons (Fsp3) is 0.941. The smallest absolute Gasteiger partial charge is 0.237 e. The molecule has 1 heterocycles. The summed E-state index contributed by atoms with van der Waals surface area (Å²) in [4.78, 5) is 15.1. The van der Waals surface area contributed by atoms with Gasteiger partial charge in [-0.3, -0.25) is 9.69 Å². The number of hydrogen-bond acceptors (Lipinski definition) is 4. The Kier molecular flexibility index (Phi) is 8.36. The van der Waals surface area contributed by atoms with E-state index in [0.717, 1.165) is 32.4 Å². The van der Waals surface area contributed by atoms with E-state index in [9.17, 15) is 4.79 Å². The Hall–Kier alpha value is -0.650. The first-order valence-electron chi connectivity index (χ1n) is 8.78. The number of nitrogens with zero attached hydrogens (tertiary/aromatic N) is 1. The van der Waals surface area contributed by atoms with Crippen LogP contribution in [0.25, 0.3) is 0 Å². The van der Waals surface area contributed by atoms with Gasteiger partial charge in [0.15, 0.2) is 0 Å². The van der Waals surface area contributed by atoms with Gasteiger partial charge in [0, 0.05) is 25.7 Å². The van der Waals surface area contributed by atoms with Crippen molar-refractivity contribution in [2.24, 2.45) is 11.7 Å². The number of rotatable bonds is 8. The largest absolute Gasteiger partial charge is 0.373 e. The Morgan fingerprint density at radius 1 is 1.32 bits per heavy atom. The minimum atomic E-state index is -0.107. The van der Waals surface area contributed by atoms with Crippen molar-refractivity contribution in [3.8, 4) is 0 Å². The first kappa shape index (κ1) is 19.4. The maximum atomic E-state index is 12.8. The van der Waals surface area contributed by atoms with Gasteiger partial charge in [0.1, 0.15) is 0 Å². The minimum absolute atomic E-state index is 0.0876. The molecule has 4 atom stereocenters. The standard InChI is InChI=1S/C17H35N3O2/c1-6-7-8-15(9-18)19-17(21)16(12(2)3)20-10-13(4)22-14(5)11-20/h12-16H,6-11,18H2,1-5H3,(H,19,21). The molecule has 1 amide bonds. The second kappa shape index (κ2) is 9.48. The molecule has 1 aliphatic heterocycles. The molecule has 1 fully saturated rings. The van der Waals surface area contributed by atoms with E-state index < -0.39 is 0 Å². The topological polar surface area (TPSA) is 67.6 Å². The van der Waals surface area contributed by atoms with Gasteiger partial charge in [0.2, 0.25) is 5.91 Å². The highest BCUT2D eigenvalue weighted by Gasteiger charge is 2.34. The number of ether oxygens (including phenoxy) is 1. The molecular weight excluding hydrogens is 278 g/mol. The van der Waals surface area contributed by atoms with Gasteiger partial charge in [-0.25, -0.2) is 0 Å². The first-order chi connectivity index (χ1) is 10.4. The van der Waals surface area contributed by atoms with Crippen LogP contribution in [-0.4, -0.2) is 54.7 Å². The van der Waals surface area contributed by atoms with Crippen LogP contribution in [0.5, 0.6) is 0 Å². The van der Waals surface area contributed by atoms with Gasteiger partial charge in [-0.05, 0) is 26.2 Å². The Bertz CT molecular complexity index is 326. The van der Waals surface area contributed by atoms with E-state index in [1.807, 2.05) is 0 Å². The van der Waals surface area contributed by atoms with Crippen LogP contribution < -0.4 is 11.1 Å². The predicted octanol–water partition coefficient (Wildman–Crippen LogP) is 1.75. The molecule has 22 heavy (non-hydrogen) atoms. The lowest BCUT2D eigenvalue weighted by Crippen LogP contribution is -2.58. The summed E-state index contributed by atoms with van der Waals surface area (Å²) in [6, 6.07) is -0.0194. The molecule has 0 spiro atoms. The maximum Gasteiger partial charge on any atom is 0.237 e. The molecule has 0 aliphatic carbocycles. The molecule has 4 unspecified atom stereocenters. The van der Waals surface area contributed by atoms with Crippen LogP contribution in [0.3, 0.4) is 0 Å². The number of nitrogens with two attached hydrogens (primary N) is 1. The van der Waals surface area contributed by atoms with Crippen molar-refractivity contribution in [3.63, 3.8) is 0 Å². The van der Waals surface area contributed by atoms with Gasteiger partial charge in [0.25, 0.3) is 0 Å². The highest BCUT2D eigenvalue weighted by atomic mass is 16.5. The third-order valence-electron chi connectivity index (χ3n) is 4.28. The highest BCUT2D eigenvalue weighted by molar-refractivity contribution is 5.82. The fourth-order valence-electron chi connectivity index (χ4n) is 3.32. The second-order valence-corrected chi connectivity index (χ2v) is 6.98. The van der Waals surface area contributed by atoms with Crippen LogP contribution in [0.4, 0.5) is 0 Å². The van der Waals surface area contributed by atoms with E-state index in [0.29, 0.717) is 6.54 Å². The summed E-state index contributed by atoms with van der Waals surface area (Å²) >= 11 is 0. The lowest BCUT2D eigenvalue weighted by molar-refractivity contribution is -0.136. The van der Waals surface area contributed by atoms with Gasteiger partial charge in [0.05, 0.1) is 18.2 Å². The average molecular weight is 313 g/mol. The molecule has 0 bridgehead atoms. The van der Waals surface area contributed by atoms with Gasteiger partial charge in [-0.15, -0.1) is 0 Å². The van der Waals surface area contributed by atoms with Crippen LogP contribution in [0.2, 0.25) is 0 Å². The van der Waals surface area contributed by atoms with E-state index in [1.54, 1.807) is 0 Å². The summed E-state index contributed by atoms with van der Waals surface area (Å²) in [7, 11) is 0. The van der Waals surface area contributed by atoms with Crippen molar-refractivity contribution >= 4 is 5.91 Å². The summed E-state index contributed by atoms with van der Waals surface area (Å²) in [5.74, 6) is 0.380. The fourth-order valence-corrected chi connectivity index (χ4v) is 3.32. The third-order valence-corrected chi connectivity index (χ3v) is 4.28. The van der Waals surface area contributed by atoms with Crippen LogP contribution in [-0.2, 0) is 9.53 Å². The lowest BCUT2D eigenvalue weighted by atomic mass is 9.98. The molecule has 5 heteroatoms. The van der Waals surface area contributed by atoms with Crippen LogP contribution in [0, 0.1) is 5.92 Å². The summed E-state index contributed by atoms with van der Waals surface area (Å²) in [5.41, 5.74) is 5.81. The lowest BCUT2D eigenvalue weighted by Gasteiger charge is -2.41. The Labute approximate surface area is 135 Å².